The van der Waals surface area contributed by atoms with Crippen molar-refractivity contribution in [3.63, 3.8) is 0 Å². The van der Waals surface area contributed by atoms with E-state index < -0.39 is 12.6 Å². The minimum absolute atomic E-state index is 0.102. The minimum atomic E-state index is -0.812. The predicted molar refractivity (Wildman–Crippen MR) is 102 cm³/mol. The lowest BCUT2D eigenvalue weighted by Crippen LogP contribution is -2.45. The van der Waals surface area contributed by atoms with Crippen LogP contribution in [-0.2, 0) is 14.3 Å². The van der Waals surface area contributed by atoms with Crippen molar-refractivity contribution in [1.82, 2.24) is 5.32 Å². The fourth-order valence-electron chi connectivity index (χ4n) is 3.25. The van der Waals surface area contributed by atoms with Gasteiger partial charge in [-0.25, -0.2) is 4.79 Å². The van der Waals surface area contributed by atoms with Gasteiger partial charge in [-0.3, -0.25) is 4.79 Å². The molecule has 1 aromatic carbocycles. The minimum Gasteiger partial charge on any atom is -0.497 e. The van der Waals surface area contributed by atoms with Crippen LogP contribution >= 0.6 is 0 Å². The third-order valence-corrected chi connectivity index (χ3v) is 5.15. The Morgan fingerprint density at radius 2 is 1.96 bits per heavy atom. The average molecular weight is 370 g/mol. The van der Waals surface area contributed by atoms with Crippen molar-refractivity contribution in [2.24, 2.45) is 11.8 Å². The molecule has 27 heavy (non-hydrogen) atoms. The molecule has 6 heteroatoms. The molecule has 0 unspecified atom stereocenters. The monoisotopic (exact) mass is 370 g/mol. The Morgan fingerprint density at radius 1 is 1.26 bits per heavy atom. The number of rotatable bonds is 6. The highest BCUT2D eigenvalue weighted by atomic mass is 16.5. The van der Waals surface area contributed by atoms with Crippen LogP contribution in [0.2, 0.25) is 0 Å². The maximum Gasteiger partial charge on any atom is 0.349 e. The fraction of sp³-hybridized carbons (Fsp3) is 0.476. The molecular weight excluding hydrogens is 344 g/mol. The van der Waals surface area contributed by atoms with E-state index in [2.05, 4.69) is 19.2 Å². The number of nitrogens with zero attached hydrogens (tertiary/aromatic N) is 1. The zero-order valence-electron chi connectivity index (χ0n) is 16.0. The van der Waals surface area contributed by atoms with Gasteiger partial charge in [0.2, 0.25) is 0 Å². The highest BCUT2D eigenvalue weighted by Crippen LogP contribution is 2.29. The van der Waals surface area contributed by atoms with Crippen LogP contribution in [0.15, 0.2) is 29.8 Å². The van der Waals surface area contributed by atoms with Crippen LogP contribution in [0.4, 0.5) is 0 Å². The first-order chi connectivity index (χ1) is 12.9. The molecule has 2 rings (SSSR count). The summed E-state index contributed by atoms with van der Waals surface area (Å²) < 4.78 is 10.1. The van der Waals surface area contributed by atoms with E-state index in [4.69, 9.17) is 9.47 Å². The number of hydrogen-bond acceptors (Lipinski definition) is 5. The van der Waals surface area contributed by atoms with Gasteiger partial charge in [0, 0.05) is 6.04 Å². The normalized spacial score (nSPS) is 22.4. The molecule has 144 valence electrons. The molecule has 1 N–H and O–H groups in total. The Hall–Kier alpha value is -2.81. The third kappa shape index (κ3) is 5.85. The first-order valence-corrected chi connectivity index (χ1v) is 9.17. The van der Waals surface area contributed by atoms with Crippen molar-refractivity contribution < 1.29 is 19.1 Å². The Kier molecular flexibility index (Phi) is 7.42. The van der Waals surface area contributed by atoms with Crippen LogP contribution in [-0.4, -0.2) is 31.6 Å². The van der Waals surface area contributed by atoms with Gasteiger partial charge in [0.25, 0.3) is 5.91 Å². The number of methoxy groups -OCH3 is 1. The van der Waals surface area contributed by atoms with Crippen molar-refractivity contribution in [3.8, 4) is 11.8 Å². The van der Waals surface area contributed by atoms with E-state index >= 15 is 0 Å². The van der Waals surface area contributed by atoms with Crippen LogP contribution in [0.5, 0.6) is 5.75 Å². The second-order valence-electron chi connectivity index (χ2n) is 6.96. The molecule has 1 aromatic rings. The van der Waals surface area contributed by atoms with Gasteiger partial charge in [0.15, 0.2) is 6.61 Å². The van der Waals surface area contributed by atoms with Gasteiger partial charge in [0.05, 0.1) is 7.11 Å². The van der Waals surface area contributed by atoms with Crippen molar-refractivity contribution in [1.29, 1.82) is 5.26 Å². The summed E-state index contributed by atoms with van der Waals surface area (Å²) in [6, 6.07) is 8.83. The number of carbonyl (C=O) groups is 2. The summed E-state index contributed by atoms with van der Waals surface area (Å²) in [6.07, 6.45) is 4.61. The molecule has 1 amide bonds. The Morgan fingerprint density at radius 3 is 2.59 bits per heavy atom. The second kappa shape index (κ2) is 9.77. The first kappa shape index (κ1) is 20.5. The Labute approximate surface area is 160 Å². The summed E-state index contributed by atoms with van der Waals surface area (Å²) in [4.78, 5) is 24.2. The van der Waals surface area contributed by atoms with E-state index in [-0.39, 0.29) is 17.5 Å². The SMILES string of the molecule is COc1ccc(/C=C(/C#N)C(=O)OCC(=O)N[C@@H]2CCC[C@@H](C)[C@@H]2C)cc1. The lowest BCUT2D eigenvalue weighted by Gasteiger charge is -2.34. The number of ether oxygens (including phenoxy) is 2. The first-order valence-electron chi connectivity index (χ1n) is 9.17. The van der Waals surface area contributed by atoms with Crippen LogP contribution < -0.4 is 10.1 Å². The molecule has 1 saturated carbocycles. The summed E-state index contributed by atoms with van der Waals surface area (Å²) in [5.41, 5.74) is 0.506. The van der Waals surface area contributed by atoms with Crippen LogP contribution in [0.1, 0.15) is 38.7 Å². The zero-order chi connectivity index (χ0) is 19.8. The smallest absolute Gasteiger partial charge is 0.349 e. The van der Waals surface area contributed by atoms with Gasteiger partial charge in [-0.2, -0.15) is 5.26 Å². The molecule has 1 aliphatic rings. The van der Waals surface area contributed by atoms with Gasteiger partial charge in [0.1, 0.15) is 17.4 Å². The molecule has 0 saturated heterocycles. The molecule has 0 aliphatic heterocycles. The number of benzene rings is 1. The molecule has 6 nitrogen and oxygen atoms in total. The zero-order valence-corrected chi connectivity index (χ0v) is 16.0. The predicted octanol–water partition coefficient (Wildman–Crippen LogP) is 3.09. The van der Waals surface area contributed by atoms with E-state index in [1.54, 1.807) is 31.4 Å². The van der Waals surface area contributed by atoms with Crippen LogP contribution in [0.3, 0.4) is 0 Å². The lowest BCUT2D eigenvalue weighted by molar-refractivity contribution is -0.144. The summed E-state index contributed by atoms with van der Waals surface area (Å²) >= 11 is 0. The highest BCUT2D eigenvalue weighted by molar-refractivity contribution is 5.98. The molecule has 0 heterocycles. The molecule has 3 atom stereocenters. The quantitative estimate of drug-likeness (QED) is 0.472. The number of hydrogen-bond donors (Lipinski definition) is 1. The maximum absolute atomic E-state index is 12.1. The van der Waals surface area contributed by atoms with Crippen molar-refractivity contribution in [2.75, 3.05) is 13.7 Å². The van der Waals surface area contributed by atoms with Crippen molar-refractivity contribution in [2.45, 2.75) is 39.2 Å². The number of amides is 1. The van der Waals surface area contributed by atoms with Gasteiger partial charge in [-0.15, -0.1) is 0 Å². The largest absolute Gasteiger partial charge is 0.497 e. The Bertz CT molecular complexity index is 734. The van der Waals surface area contributed by atoms with E-state index in [1.807, 2.05) is 6.07 Å². The molecule has 1 fully saturated rings. The van der Waals surface area contributed by atoms with Crippen LogP contribution in [0.25, 0.3) is 6.08 Å². The Balaban J connectivity index is 1.89. The number of nitriles is 1. The maximum atomic E-state index is 12.1. The number of nitrogens with one attached hydrogen (secondary N) is 1. The number of carbonyl (C=O) groups excluding carboxylic acids is 2. The van der Waals surface area contributed by atoms with Crippen molar-refractivity contribution in [3.05, 3.63) is 35.4 Å². The number of esters is 1. The lowest BCUT2D eigenvalue weighted by atomic mass is 9.78. The summed E-state index contributed by atoms with van der Waals surface area (Å²) in [7, 11) is 1.56. The molecular formula is C21H26N2O4. The standard InChI is InChI=1S/C21H26N2O4/c1-14-5-4-6-19(15(14)2)23-20(24)13-27-21(25)17(12-22)11-16-7-9-18(26-3)10-8-16/h7-11,14-15,19H,4-6,13H2,1-3H3,(H,23,24)/b17-11-/t14-,15+,19-/m1/s1. The summed E-state index contributed by atoms with van der Waals surface area (Å²) in [5, 5.41) is 12.1. The highest BCUT2D eigenvalue weighted by Gasteiger charge is 2.28. The van der Waals surface area contributed by atoms with E-state index in [9.17, 15) is 14.9 Å². The van der Waals surface area contributed by atoms with Crippen LogP contribution in [0, 0.1) is 23.2 Å². The van der Waals surface area contributed by atoms with E-state index in [0.29, 0.717) is 23.1 Å². The topological polar surface area (TPSA) is 88.4 Å². The van der Waals surface area contributed by atoms with E-state index in [0.717, 1.165) is 12.8 Å². The van der Waals surface area contributed by atoms with Gasteiger partial charge < -0.3 is 14.8 Å². The molecule has 1 aliphatic carbocycles. The average Bonchev–Trinajstić information content (AvgIpc) is 2.68. The fourth-order valence-corrected chi connectivity index (χ4v) is 3.25. The van der Waals surface area contributed by atoms with Gasteiger partial charge in [-0.05, 0) is 42.0 Å². The van der Waals surface area contributed by atoms with E-state index in [1.165, 1.54) is 12.5 Å². The van der Waals surface area contributed by atoms with Gasteiger partial charge >= 0.3 is 5.97 Å². The molecule has 0 aromatic heterocycles. The third-order valence-electron chi connectivity index (χ3n) is 5.15. The molecule has 0 radical (unpaired) electrons. The van der Waals surface area contributed by atoms with Crippen molar-refractivity contribution >= 4 is 18.0 Å². The molecule has 0 bridgehead atoms. The summed E-state index contributed by atoms with van der Waals surface area (Å²) in [5.74, 6) is 0.480. The summed E-state index contributed by atoms with van der Waals surface area (Å²) in [6.45, 7) is 3.93. The van der Waals surface area contributed by atoms with Gasteiger partial charge in [-0.1, -0.05) is 38.8 Å². The second-order valence-corrected chi connectivity index (χ2v) is 6.96. The molecule has 0 spiro atoms.